The third kappa shape index (κ3) is 2.52. The maximum Gasteiger partial charge on any atom is 0.227 e. The molecule has 7 nitrogen and oxygen atoms in total. The Labute approximate surface area is 115 Å². The minimum absolute atomic E-state index is 0.0819. The molecule has 3 rings (SSSR count). The average Bonchev–Trinajstić information content (AvgIpc) is 2.92. The third-order valence-corrected chi connectivity index (χ3v) is 4.34. The number of nitrogens with two attached hydrogens (primary N) is 1. The fourth-order valence-corrected chi connectivity index (χ4v) is 3.45. The molecule has 20 heavy (non-hydrogen) atoms. The van der Waals surface area contributed by atoms with Crippen LogP contribution < -0.4 is 10.0 Å². The minimum atomic E-state index is -3.56. The van der Waals surface area contributed by atoms with Crippen molar-refractivity contribution in [2.24, 2.45) is 11.1 Å². The van der Waals surface area contributed by atoms with Crippen LogP contribution in [0.3, 0.4) is 0 Å². The van der Waals surface area contributed by atoms with Crippen molar-refractivity contribution >= 4 is 32.5 Å². The third-order valence-electron chi connectivity index (χ3n) is 3.41. The summed E-state index contributed by atoms with van der Waals surface area (Å²) >= 11 is 0. The molecule has 1 atom stereocenters. The van der Waals surface area contributed by atoms with Crippen LogP contribution in [0.4, 0.5) is 5.69 Å². The van der Waals surface area contributed by atoms with Gasteiger partial charge in [-0.2, -0.15) is 5.10 Å². The van der Waals surface area contributed by atoms with Gasteiger partial charge in [-0.05, 0) is 18.2 Å². The van der Waals surface area contributed by atoms with Gasteiger partial charge in [0.1, 0.15) is 0 Å². The van der Waals surface area contributed by atoms with E-state index in [1.54, 1.807) is 11.1 Å². The number of fused-ring (bicyclic) bond motifs is 1. The average molecular weight is 294 g/mol. The lowest BCUT2D eigenvalue weighted by molar-refractivity contribution is -0.117. The van der Waals surface area contributed by atoms with Crippen LogP contribution in [0.1, 0.15) is 6.42 Å². The van der Waals surface area contributed by atoms with Gasteiger partial charge in [0.25, 0.3) is 0 Å². The van der Waals surface area contributed by atoms with E-state index in [1.165, 1.54) is 0 Å². The molecule has 1 aromatic heterocycles. The number of sulfonamides is 1. The van der Waals surface area contributed by atoms with E-state index in [0.717, 1.165) is 16.6 Å². The summed E-state index contributed by atoms with van der Waals surface area (Å²) < 4.78 is 22.2. The van der Waals surface area contributed by atoms with Crippen molar-refractivity contribution in [3.05, 3.63) is 24.4 Å². The number of rotatable bonds is 3. The van der Waals surface area contributed by atoms with E-state index in [2.05, 4.69) is 10.2 Å². The van der Waals surface area contributed by atoms with Crippen LogP contribution in [0, 0.1) is 5.92 Å². The van der Waals surface area contributed by atoms with Crippen molar-refractivity contribution in [3.8, 4) is 0 Å². The first kappa shape index (κ1) is 13.1. The Balaban J connectivity index is 1.85. The number of nitrogens with zero attached hydrogens (tertiary/aromatic N) is 2. The molecular formula is C12H14N4O3S. The highest BCUT2D eigenvalue weighted by molar-refractivity contribution is 7.89. The summed E-state index contributed by atoms with van der Waals surface area (Å²) in [5.41, 5.74) is 1.64. The van der Waals surface area contributed by atoms with Crippen molar-refractivity contribution in [2.75, 3.05) is 17.2 Å². The van der Waals surface area contributed by atoms with Crippen molar-refractivity contribution < 1.29 is 13.2 Å². The SMILES string of the molecule is NS(=O)(=O)CC1CC(=O)N(c2ccc3[nH]ncc3c2)C1. The molecule has 0 saturated carbocycles. The molecule has 2 aromatic rings. The predicted octanol–water partition coefficient (Wildman–Crippen LogP) is 0.204. The Morgan fingerprint density at radius 2 is 2.25 bits per heavy atom. The second-order valence-electron chi connectivity index (χ2n) is 5.05. The molecule has 2 heterocycles. The van der Waals surface area contributed by atoms with Gasteiger partial charge >= 0.3 is 0 Å². The quantitative estimate of drug-likeness (QED) is 0.843. The molecule has 1 saturated heterocycles. The Morgan fingerprint density at radius 1 is 1.45 bits per heavy atom. The molecule has 1 aliphatic rings. The standard InChI is InChI=1S/C12H14N4O3S/c13-20(18,19)7-8-3-12(17)16(6-8)10-1-2-11-9(4-10)5-14-15-11/h1-2,4-5,8H,3,6-7H2,(H,14,15)(H2,13,18,19). The number of aromatic nitrogens is 2. The molecule has 1 amide bonds. The van der Waals surface area contributed by atoms with E-state index in [9.17, 15) is 13.2 Å². The van der Waals surface area contributed by atoms with E-state index in [-0.39, 0.29) is 24.0 Å². The summed E-state index contributed by atoms with van der Waals surface area (Å²) in [7, 11) is -3.56. The molecule has 106 valence electrons. The number of primary sulfonamides is 1. The number of aromatic amines is 1. The first-order valence-corrected chi connectivity index (χ1v) is 7.88. The number of anilines is 1. The molecule has 1 fully saturated rings. The molecule has 0 radical (unpaired) electrons. The molecule has 1 aliphatic heterocycles. The van der Waals surface area contributed by atoms with Crippen LogP contribution in [0.25, 0.3) is 10.9 Å². The number of amides is 1. The highest BCUT2D eigenvalue weighted by Gasteiger charge is 2.32. The molecule has 1 aromatic carbocycles. The van der Waals surface area contributed by atoms with Gasteiger partial charge in [-0.1, -0.05) is 0 Å². The molecule has 0 spiro atoms. The highest BCUT2D eigenvalue weighted by Crippen LogP contribution is 2.27. The van der Waals surface area contributed by atoms with Crippen molar-refractivity contribution in [1.29, 1.82) is 0 Å². The lowest BCUT2D eigenvalue weighted by atomic mass is 10.1. The molecule has 8 heteroatoms. The fourth-order valence-electron chi connectivity index (χ4n) is 2.57. The number of hydrogen-bond donors (Lipinski definition) is 2. The zero-order chi connectivity index (χ0) is 14.3. The normalized spacial score (nSPS) is 19.9. The molecule has 0 bridgehead atoms. The van der Waals surface area contributed by atoms with Crippen molar-refractivity contribution in [3.63, 3.8) is 0 Å². The number of H-pyrrole nitrogens is 1. The Hall–Kier alpha value is -1.93. The fraction of sp³-hybridized carbons (Fsp3) is 0.333. The Bertz CT molecular complexity index is 768. The van der Waals surface area contributed by atoms with Gasteiger partial charge in [-0.3, -0.25) is 9.89 Å². The minimum Gasteiger partial charge on any atom is -0.312 e. The van der Waals surface area contributed by atoms with Crippen molar-refractivity contribution in [1.82, 2.24) is 10.2 Å². The maximum atomic E-state index is 12.0. The van der Waals surface area contributed by atoms with Crippen LogP contribution in [0.2, 0.25) is 0 Å². The Morgan fingerprint density at radius 3 is 3.00 bits per heavy atom. The zero-order valence-corrected chi connectivity index (χ0v) is 11.4. The second kappa shape index (κ2) is 4.57. The number of benzene rings is 1. The van der Waals surface area contributed by atoms with Crippen LogP contribution in [0.15, 0.2) is 24.4 Å². The monoisotopic (exact) mass is 294 g/mol. The number of carbonyl (C=O) groups is 1. The summed E-state index contributed by atoms with van der Waals surface area (Å²) in [5.74, 6) is -0.498. The predicted molar refractivity (Wildman–Crippen MR) is 74.5 cm³/mol. The van der Waals surface area contributed by atoms with Crippen LogP contribution in [-0.2, 0) is 14.8 Å². The van der Waals surface area contributed by atoms with Crippen molar-refractivity contribution in [2.45, 2.75) is 6.42 Å². The highest BCUT2D eigenvalue weighted by atomic mass is 32.2. The summed E-state index contributed by atoms with van der Waals surface area (Å²) in [6, 6.07) is 5.52. The zero-order valence-electron chi connectivity index (χ0n) is 10.6. The first-order chi connectivity index (χ1) is 9.42. The van der Waals surface area contributed by atoms with Gasteiger partial charge in [-0.15, -0.1) is 0 Å². The van der Waals surface area contributed by atoms with Gasteiger partial charge in [0.15, 0.2) is 0 Å². The van der Waals surface area contributed by atoms with E-state index in [1.807, 2.05) is 18.2 Å². The number of nitrogens with one attached hydrogen (secondary N) is 1. The van der Waals surface area contributed by atoms with Crippen LogP contribution in [-0.4, -0.2) is 36.8 Å². The van der Waals surface area contributed by atoms with Gasteiger partial charge in [0.05, 0.1) is 17.5 Å². The van der Waals surface area contributed by atoms with E-state index >= 15 is 0 Å². The first-order valence-electron chi connectivity index (χ1n) is 6.16. The molecule has 0 aliphatic carbocycles. The van der Waals surface area contributed by atoms with E-state index < -0.39 is 10.0 Å². The number of carbonyl (C=O) groups excluding carboxylic acids is 1. The van der Waals surface area contributed by atoms with Crippen LogP contribution in [0.5, 0.6) is 0 Å². The Kier molecular flexibility index (Phi) is 2.98. The molecular weight excluding hydrogens is 280 g/mol. The summed E-state index contributed by atoms with van der Waals surface area (Å²) in [6.07, 6.45) is 1.89. The maximum absolute atomic E-state index is 12.0. The lowest BCUT2D eigenvalue weighted by Gasteiger charge is -2.16. The van der Waals surface area contributed by atoms with Crippen LogP contribution >= 0.6 is 0 Å². The smallest absolute Gasteiger partial charge is 0.227 e. The summed E-state index contributed by atoms with van der Waals surface area (Å²) in [6.45, 7) is 0.374. The largest absolute Gasteiger partial charge is 0.312 e. The second-order valence-corrected chi connectivity index (χ2v) is 6.70. The molecule has 3 N–H and O–H groups in total. The van der Waals surface area contributed by atoms with Gasteiger partial charge < -0.3 is 4.90 Å². The topological polar surface area (TPSA) is 109 Å². The van der Waals surface area contributed by atoms with E-state index in [4.69, 9.17) is 5.14 Å². The summed E-state index contributed by atoms with van der Waals surface area (Å²) in [5, 5.41) is 12.7. The number of hydrogen-bond acceptors (Lipinski definition) is 4. The van der Waals surface area contributed by atoms with Gasteiger partial charge in [-0.25, -0.2) is 13.6 Å². The van der Waals surface area contributed by atoms with Gasteiger partial charge in [0, 0.05) is 30.0 Å². The van der Waals surface area contributed by atoms with E-state index in [0.29, 0.717) is 6.54 Å². The molecule has 1 unspecified atom stereocenters. The summed E-state index contributed by atoms with van der Waals surface area (Å²) in [4.78, 5) is 13.6. The van der Waals surface area contributed by atoms with Gasteiger partial charge in [0.2, 0.25) is 15.9 Å². The lowest BCUT2D eigenvalue weighted by Crippen LogP contribution is -2.27.